The molecule has 0 bridgehead atoms. The number of aliphatic hydroxyl groups is 1. The molecule has 0 amide bonds. The van der Waals surface area contributed by atoms with Crippen LogP contribution in [0, 0.1) is 12.7 Å². The predicted molar refractivity (Wildman–Crippen MR) is 79.0 cm³/mol. The van der Waals surface area contributed by atoms with E-state index in [0.717, 1.165) is 5.56 Å². The minimum Gasteiger partial charge on any atom is -0.388 e. The molecule has 19 heavy (non-hydrogen) atoms. The molecule has 2 rings (SSSR count). The molecule has 0 fully saturated rings. The van der Waals surface area contributed by atoms with Gasteiger partial charge in [-0.1, -0.05) is 35.9 Å². The van der Waals surface area contributed by atoms with E-state index in [4.69, 9.17) is 11.6 Å². The van der Waals surface area contributed by atoms with Crippen molar-refractivity contribution in [2.24, 2.45) is 0 Å². The lowest BCUT2D eigenvalue weighted by Gasteiger charge is -2.14. The highest BCUT2D eigenvalue weighted by molar-refractivity contribution is 9.10. The SMILES string of the molecule is Cc1ccc(C(O)Cc2cccc(F)c2Br)c(Cl)c1. The summed E-state index contributed by atoms with van der Waals surface area (Å²) in [5.41, 5.74) is 2.40. The van der Waals surface area contributed by atoms with Crippen LogP contribution in [0.25, 0.3) is 0 Å². The van der Waals surface area contributed by atoms with E-state index in [0.29, 0.717) is 27.0 Å². The van der Waals surface area contributed by atoms with Gasteiger partial charge in [0.1, 0.15) is 5.82 Å². The molecule has 0 radical (unpaired) electrons. The Balaban J connectivity index is 2.25. The van der Waals surface area contributed by atoms with Crippen molar-refractivity contribution >= 4 is 27.5 Å². The van der Waals surface area contributed by atoms with Gasteiger partial charge in [-0.3, -0.25) is 0 Å². The predicted octanol–water partition coefficient (Wildman–Crippen LogP) is 4.83. The molecule has 0 saturated heterocycles. The molecular formula is C15H13BrClFO. The Bertz CT molecular complexity index is 601. The number of benzene rings is 2. The molecule has 0 aliphatic heterocycles. The van der Waals surface area contributed by atoms with Crippen molar-refractivity contribution in [3.63, 3.8) is 0 Å². The van der Waals surface area contributed by atoms with E-state index >= 15 is 0 Å². The third-order valence-corrected chi connectivity index (χ3v) is 4.18. The second kappa shape index (κ2) is 6.04. The van der Waals surface area contributed by atoms with Crippen LogP contribution >= 0.6 is 27.5 Å². The van der Waals surface area contributed by atoms with Crippen LogP contribution in [-0.4, -0.2) is 5.11 Å². The molecule has 0 aliphatic carbocycles. The summed E-state index contributed by atoms with van der Waals surface area (Å²) in [6, 6.07) is 10.3. The lowest BCUT2D eigenvalue weighted by Crippen LogP contribution is -2.04. The van der Waals surface area contributed by atoms with Gasteiger partial charge < -0.3 is 5.11 Å². The Labute approximate surface area is 125 Å². The fraction of sp³-hybridized carbons (Fsp3) is 0.200. The van der Waals surface area contributed by atoms with Crippen LogP contribution in [0.3, 0.4) is 0 Å². The number of rotatable bonds is 3. The van der Waals surface area contributed by atoms with Gasteiger partial charge in [-0.15, -0.1) is 0 Å². The molecule has 0 aromatic heterocycles. The van der Waals surface area contributed by atoms with Gasteiger partial charge in [0.15, 0.2) is 0 Å². The van der Waals surface area contributed by atoms with Crippen LogP contribution in [0.1, 0.15) is 22.8 Å². The minimum atomic E-state index is -0.758. The summed E-state index contributed by atoms with van der Waals surface area (Å²) < 4.78 is 13.8. The summed E-state index contributed by atoms with van der Waals surface area (Å²) in [5.74, 6) is -0.334. The van der Waals surface area contributed by atoms with Crippen LogP contribution in [0.4, 0.5) is 4.39 Å². The Morgan fingerprint density at radius 2 is 2.05 bits per heavy atom. The van der Waals surface area contributed by atoms with E-state index < -0.39 is 6.10 Å². The molecular weight excluding hydrogens is 331 g/mol. The summed E-state index contributed by atoms with van der Waals surface area (Å²) >= 11 is 9.31. The van der Waals surface area contributed by atoms with E-state index in [1.165, 1.54) is 6.07 Å². The highest BCUT2D eigenvalue weighted by Gasteiger charge is 2.15. The normalized spacial score (nSPS) is 12.5. The quantitative estimate of drug-likeness (QED) is 0.846. The molecule has 0 aliphatic rings. The molecule has 1 N–H and O–H groups in total. The fourth-order valence-corrected chi connectivity index (χ4v) is 2.71. The Hall–Kier alpha value is -0.900. The molecule has 1 nitrogen and oxygen atoms in total. The molecule has 0 spiro atoms. The van der Waals surface area contributed by atoms with Gasteiger partial charge in [0.2, 0.25) is 0 Å². The van der Waals surface area contributed by atoms with Gasteiger partial charge in [0.25, 0.3) is 0 Å². The zero-order valence-electron chi connectivity index (χ0n) is 10.3. The van der Waals surface area contributed by atoms with Gasteiger partial charge in [0.05, 0.1) is 10.6 Å². The van der Waals surface area contributed by atoms with Gasteiger partial charge >= 0.3 is 0 Å². The van der Waals surface area contributed by atoms with Crippen molar-refractivity contribution in [3.05, 3.63) is 68.4 Å². The van der Waals surface area contributed by atoms with Gasteiger partial charge in [-0.2, -0.15) is 0 Å². The Morgan fingerprint density at radius 1 is 1.32 bits per heavy atom. The third kappa shape index (κ3) is 3.35. The highest BCUT2D eigenvalue weighted by atomic mass is 79.9. The van der Waals surface area contributed by atoms with Crippen molar-refractivity contribution in [3.8, 4) is 0 Å². The van der Waals surface area contributed by atoms with Gasteiger partial charge in [-0.25, -0.2) is 4.39 Å². The first-order valence-corrected chi connectivity index (χ1v) is 7.03. The molecule has 100 valence electrons. The number of aliphatic hydroxyl groups excluding tert-OH is 1. The van der Waals surface area contributed by atoms with Crippen LogP contribution in [0.5, 0.6) is 0 Å². The Morgan fingerprint density at radius 3 is 2.74 bits per heavy atom. The third-order valence-electron chi connectivity index (χ3n) is 2.96. The topological polar surface area (TPSA) is 20.2 Å². The molecule has 0 heterocycles. The lowest BCUT2D eigenvalue weighted by atomic mass is 10.0. The fourth-order valence-electron chi connectivity index (χ4n) is 1.93. The van der Waals surface area contributed by atoms with Crippen molar-refractivity contribution in [1.82, 2.24) is 0 Å². The van der Waals surface area contributed by atoms with Crippen LogP contribution in [-0.2, 0) is 6.42 Å². The second-order valence-corrected chi connectivity index (χ2v) is 5.66. The van der Waals surface area contributed by atoms with E-state index in [-0.39, 0.29) is 5.82 Å². The maximum Gasteiger partial charge on any atom is 0.137 e. The van der Waals surface area contributed by atoms with E-state index in [2.05, 4.69) is 15.9 Å². The second-order valence-electron chi connectivity index (χ2n) is 4.46. The number of halogens is 3. The largest absolute Gasteiger partial charge is 0.388 e. The maximum atomic E-state index is 13.4. The molecule has 2 aromatic carbocycles. The smallest absolute Gasteiger partial charge is 0.137 e. The molecule has 0 saturated carbocycles. The first-order chi connectivity index (χ1) is 8.99. The number of hydrogen-bond acceptors (Lipinski definition) is 1. The van der Waals surface area contributed by atoms with Crippen LogP contribution in [0.2, 0.25) is 5.02 Å². The average Bonchev–Trinajstić information content (AvgIpc) is 2.34. The van der Waals surface area contributed by atoms with Gasteiger partial charge in [-0.05, 0) is 51.7 Å². The average molecular weight is 344 g/mol. The number of hydrogen-bond donors (Lipinski definition) is 1. The number of aryl methyl sites for hydroxylation is 1. The summed E-state index contributed by atoms with van der Waals surface area (Å²) in [7, 11) is 0. The summed E-state index contributed by atoms with van der Waals surface area (Å²) in [6.07, 6.45) is -0.451. The van der Waals surface area contributed by atoms with Crippen molar-refractivity contribution in [1.29, 1.82) is 0 Å². The summed E-state index contributed by atoms with van der Waals surface area (Å²) in [4.78, 5) is 0. The molecule has 2 aromatic rings. The first-order valence-electron chi connectivity index (χ1n) is 5.86. The van der Waals surface area contributed by atoms with E-state index in [9.17, 15) is 9.50 Å². The summed E-state index contributed by atoms with van der Waals surface area (Å²) in [6.45, 7) is 1.94. The minimum absolute atomic E-state index is 0.307. The molecule has 1 atom stereocenters. The first kappa shape index (κ1) is 14.5. The van der Waals surface area contributed by atoms with Crippen LogP contribution in [0.15, 0.2) is 40.9 Å². The maximum absolute atomic E-state index is 13.4. The van der Waals surface area contributed by atoms with Crippen LogP contribution < -0.4 is 0 Å². The zero-order chi connectivity index (χ0) is 14.0. The van der Waals surface area contributed by atoms with Gasteiger partial charge in [0, 0.05) is 11.4 Å². The highest BCUT2D eigenvalue weighted by Crippen LogP contribution is 2.29. The summed E-state index contributed by atoms with van der Waals surface area (Å²) in [5, 5.41) is 10.8. The lowest BCUT2D eigenvalue weighted by molar-refractivity contribution is 0.178. The van der Waals surface area contributed by atoms with Crippen molar-refractivity contribution in [2.75, 3.05) is 0 Å². The monoisotopic (exact) mass is 342 g/mol. The van der Waals surface area contributed by atoms with E-state index in [1.807, 2.05) is 13.0 Å². The van der Waals surface area contributed by atoms with E-state index in [1.54, 1.807) is 24.3 Å². The molecule has 4 heteroatoms. The standard InChI is InChI=1S/C15H13BrClFO/c1-9-5-6-11(12(17)7-9)14(19)8-10-3-2-4-13(18)15(10)16/h2-7,14,19H,8H2,1H3. The van der Waals surface area contributed by atoms with Crippen molar-refractivity contribution < 1.29 is 9.50 Å². The Kier molecular flexibility index (Phi) is 4.61. The zero-order valence-corrected chi connectivity index (χ0v) is 12.7. The molecule has 1 unspecified atom stereocenters. The van der Waals surface area contributed by atoms with Crippen molar-refractivity contribution in [2.45, 2.75) is 19.4 Å².